The van der Waals surface area contributed by atoms with E-state index in [-0.39, 0.29) is 18.1 Å². The summed E-state index contributed by atoms with van der Waals surface area (Å²) in [6, 6.07) is 19.9. The zero-order valence-electron chi connectivity index (χ0n) is 26.0. The first kappa shape index (κ1) is 32.3. The molecule has 3 aromatic carbocycles. The third kappa shape index (κ3) is 7.58. The number of ketones is 1. The molecule has 45 heavy (non-hydrogen) atoms. The molecule has 9 nitrogen and oxygen atoms in total. The number of rotatable bonds is 12. The Labute approximate surface area is 269 Å². The first-order valence-electron chi connectivity index (χ1n) is 15.1. The molecule has 0 bridgehead atoms. The Morgan fingerprint density at radius 1 is 1.00 bits per heavy atom. The molecule has 0 fully saturated rings. The van der Waals surface area contributed by atoms with Gasteiger partial charge in [-0.3, -0.25) is 19.1 Å². The number of carbonyl (C=O) groups is 2. The van der Waals surface area contributed by atoms with Crippen LogP contribution in [0, 0.1) is 6.92 Å². The summed E-state index contributed by atoms with van der Waals surface area (Å²) in [6.07, 6.45) is 2.89. The van der Waals surface area contributed by atoms with Crippen molar-refractivity contribution in [3.8, 4) is 11.4 Å². The normalized spacial score (nSPS) is 14.2. The lowest BCUT2D eigenvalue weighted by atomic mass is 9.99. The first-order chi connectivity index (χ1) is 21.5. The highest BCUT2D eigenvalue weighted by atomic mass is 35.5. The molecule has 0 saturated heterocycles. The summed E-state index contributed by atoms with van der Waals surface area (Å²) >= 11 is 6.19. The van der Waals surface area contributed by atoms with E-state index in [1.165, 1.54) is 0 Å². The van der Waals surface area contributed by atoms with E-state index >= 15 is 0 Å². The van der Waals surface area contributed by atoms with Crippen LogP contribution < -0.4 is 15.2 Å². The molecule has 5 rings (SSSR count). The van der Waals surface area contributed by atoms with Gasteiger partial charge in [0.25, 0.3) is 5.91 Å². The molecule has 2 heterocycles. The van der Waals surface area contributed by atoms with Gasteiger partial charge < -0.3 is 14.8 Å². The SMILES string of the molecule is COc1ccc2c(c1)C(c1ccc(Cl)cc1)=N[C@@H](CC(=O)CCCCCNC(=O)c1ccc([Si](C)(C)O)cc1)c1nnc(C)n1-2. The van der Waals surface area contributed by atoms with Crippen LogP contribution in [-0.2, 0) is 4.79 Å². The predicted octanol–water partition coefficient (Wildman–Crippen LogP) is 5.48. The first-order valence-corrected chi connectivity index (χ1v) is 18.4. The number of unbranched alkanes of at least 4 members (excludes halogenated alkanes) is 2. The number of aromatic nitrogens is 3. The molecule has 2 N–H and O–H groups in total. The largest absolute Gasteiger partial charge is 0.497 e. The molecule has 0 spiro atoms. The molecule has 4 aromatic rings. The summed E-state index contributed by atoms with van der Waals surface area (Å²) in [7, 11) is -0.770. The maximum Gasteiger partial charge on any atom is 0.251 e. The highest BCUT2D eigenvalue weighted by molar-refractivity contribution is 6.83. The van der Waals surface area contributed by atoms with Crippen molar-refractivity contribution in [2.24, 2.45) is 4.99 Å². The highest BCUT2D eigenvalue weighted by Crippen LogP contribution is 2.34. The second-order valence-corrected chi connectivity index (χ2v) is 15.9. The lowest BCUT2D eigenvalue weighted by Crippen LogP contribution is -2.41. The number of nitrogens with zero attached hydrogens (tertiary/aromatic N) is 4. The number of methoxy groups -OCH3 is 1. The quantitative estimate of drug-likeness (QED) is 0.156. The fourth-order valence-electron chi connectivity index (χ4n) is 5.45. The second kappa shape index (κ2) is 13.9. The number of amides is 1. The van der Waals surface area contributed by atoms with Crippen LogP contribution in [0.1, 0.15) is 71.3 Å². The van der Waals surface area contributed by atoms with E-state index < -0.39 is 14.4 Å². The number of carbonyl (C=O) groups excluding carboxylic acids is 2. The number of ether oxygens (including phenoxy) is 1. The third-order valence-electron chi connectivity index (χ3n) is 7.94. The van der Waals surface area contributed by atoms with Crippen LogP contribution in [0.25, 0.3) is 5.69 Å². The number of hydrogen-bond donors (Lipinski definition) is 2. The number of halogens is 1. The van der Waals surface area contributed by atoms with Gasteiger partial charge in [0.1, 0.15) is 23.4 Å². The van der Waals surface area contributed by atoms with Crippen molar-refractivity contribution in [2.45, 2.75) is 58.2 Å². The zero-order chi connectivity index (χ0) is 32.1. The van der Waals surface area contributed by atoms with Gasteiger partial charge in [-0.2, -0.15) is 0 Å². The molecular weight excluding hydrogens is 606 g/mol. The predicted molar refractivity (Wildman–Crippen MR) is 179 cm³/mol. The van der Waals surface area contributed by atoms with Crippen molar-refractivity contribution in [2.75, 3.05) is 13.7 Å². The number of hydrogen-bond acceptors (Lipinski definition) is 7. The van der Waals surface area contributed by atoms with Crippen LogP contribution in [0.15, 0.2) is 71.7 Å². The summed E-state index contributed by atoms with van der Waals surface area (Å²) in [6.45, 7) is 6.11. The van der Waals surface area contributed by atoms with Crippen LogP contribution >= 0.6 is 11.6 Å². The topological polar surface area (TPSA) is 119 Å². The molecule has 0 unspecified atom stereocenters. The average molecular weight is 644 g/mol. The van der Waals surface area contributed by atoms with Gasteiger partial charge in [0.15, 0.2) is 5.82 Å². The second-order valence-electron chi connectivity index (χ2n) is 11.8. The van der Waals surface area contributed by atoms with Crippen LogP contribution in [0.4, 0.5) is 0 Å². The van der Waals surface area contributed by atoms with Crippen LogP contribution in [0.2, 0.25) is 18.1 Å². The Hall–Kier alpha value is -4.12. The molecular formula is C34H38ClN5O4Si. The van der Waals surface area contributed by atoms with Crippen molar-refractivity contribution in [3.05, 3.63) is 100 Å². The van der Waals surface area contributed by atoms with Gasteiger partial charge >= 0.3 is 0 Å². The van der Waals surface area contributed by atoms with Crippen molar-refractivity contribution >= 4 is 42.5 Å². The lowest BCUT2D eigenvalue weighted by molar-refractivity contribution is -0.119. The van der Waals surface area contributed by atoms with E-state index in [0.29, 0.717) is 47.4 Å². The maximum atomic E-state index is 13.3. The fourth-order valence-corrected chi connectivity index (χ4v) is 6.56. The van der Waals surface area contributed by atoms with E-state index in [0.717, 1.165) is 40.6 Å². The van der Waals surface area contributed by atoms with Gasteiger partial charge in [-0.15, -0.1) is 10.2 Å². The summed E-state index contributed by atoms with van der Waals surface area (Å²) < 4.78 is 7.51. The Morgan fingerprint density at radius 2 is 1.73 bits per heavy atom. The number of nitrogens with one attached hydrogen (secondary N) is 1. The zero-order valence-corrected chi connectivity index (χ0v) is 27.8. The minimum Gasteiger partial charge on any atom is -0.497 e. The lowest BCUT2D eigenvalue weighted by Gasteiger charge is -2.14. The minimum atomic E-state index is -2.40. The minimum absolute atomic E-state index is 0.0921. The molecule has 0 radical (unpaired) electrons. The van der Waals surface area contributed by atoms with E-state index in [1.54, 1.807) is 19.2 Å². The summed E-state index contributed by atoms with van der Waals surface area (Å²) in [5.41, 5.74) is 3.90. The van der Waals surface area contributed by atoms with Crippen LogP contribution in [0.3, 0.4) is 0 Å². The number of aryl methyl sites for hydroxylation is 1. The molecule has 0 aliphatic carbocycles. The molecule has 0 saturated carbocycles. The van der Waals surface area contributed by atoms with E-state index in [1.807, 2.05) is 79.2 Å². The van der Waals surface area contributed by atoms with Gasteiger partial charge in [0, 0.05) is 41.1 Å². The number of benzene rings is 3. The molecule has 1 aliphatic heterocycles. The third-order valence-corrected chi connectivity index (χ3v) is 9.94. The van der Waals surface area contributed by atoms with Crippen molar-refractivity contribution in [1.82, 2.24) is 20.1 Å². The van der Waals surface area contributed by atoms with E-state index in [9.17, 15) is 14.4 Å². The number of aliphatic imine (C=N–C) groups is 1. The Balaban J connectivity index is 1.23. The molecule has 11 heteroatoms. The van der Waals surface area contributed by atoms with Gasteiger partial charge in [-0.25, -0.2) is 0 Å². The summed E-state index contributed by atoms with van der Waals surface area (Å²) in [5.74, 6) is 1.97. The monoisotopic (exact) mass is 643 g/mol. The number of fused-ring (bicyclic) bond motifs is 3. The highest BCUT2D eigenvalue weighted by Gasteiger charge is 2.30. The number of Topliss-reactive ketones (excluding diaryl/α,β-unsaturated/α-hetero) is 1. The average Bonchev–Trinajstić information content (AvgIpc) is 3.35. The van der Waals surface area contributed by atoms with E-state index in [2.05, 4.69) is 15.5 Å². The van der Waals surface area contributed by atoms with Gasteiger partial charge in [0.2, 0.25) is 8.32 Å². The summed E-state index contributed by atoms with van der Waals surface area (Å²) in [4.78, 5) is 41.2. The molecule has 1 aliphatic rings. The molecule has 234 valence electrons. The van der Waals surface area contributed by atoms with E-state index in [4.69, 9.17) is 21.3 Å². The van der Waals surface area contributed by atoms with Crippen molar-refractivity contribution < 1.29 is 19.1 Å². The Morgan fingerprint density at radius 3 is 2.42 bits per heavy atom. The Bertz CT molecular complexity index is 1710. The molecule has 1 atom stereocenters. The van der Waals surface area contributed by atoms with Gasteiger partial charge in [-0.05, 0) is 80.5 Å². The molecule has 1 aromatic heterocycles. The molecule has 1 amide bonds. The smallest absolute Gasteiger partial charge is 0.251 e. The van der Waals surface area contributed by atoms with Crippen LogP contribution in [0.5, 0.6) is 5.75 Å². The van der Waals surface area contributed by atoms with Gasteiger partial charge in [0.05, 0.1) is 18.5 Å². The fraction of sp³-hybridized carbons (Fsp3) is 0.324. The van der Waals surface area contributed by atoms with Crippen LogP contribution in [-0.4, -0.2) is 58.9 Å². The van der Waals surface area contributed by atoms with Crippen molar-refractivity contribution in [3.63, 3.8) is 0 Å². The van der Waals surface area contributed by atoms with Gasteiger partial charge in [-0.1, -0.05) is 42.3 Å². The maximum absolute atomic E-state index is 13.3. The Kier molecular flexibility index (Phi) is 9.96. The summed E-state index contributed by atoms with van der Waals surface area (Å²) in [5, 5.41) is 13.3. The van der Waals surface area contributed by atoms with Crippen molar-refractivity contribution in [1.29, 1.82) is 0 Å². The standard InChI is InChI=1S/C34H38ClN5O4Si/c1-22-38-39-33-30(20-26(41)8-6-5-7-19-36-34(42)24-11-16-28(17-12-24)45(3,4)43)37-32(23-9-13-25(35)14-10-23)29-21-27(44-2)15-18-31(29)40(22)33/h9-18,21,30,43H,5-8,19-20H2,1-4H3,(H,36,42)/t30-/m0/s1.